The fourth-order valence-electron chi connectivity index (χ4n) is 2.24. The number of aromatic hydroxyl groups is 1. The van der Waals surface area contributed by atoms with Crippen molar-refractivity contribution in [1.29, 1.82) is 0 Å². The van der Waals surface area contributed by atoms with Crippen LogP contribution in [0.2, 0.25) is 5.02 Å². The van der Waals surface area contributed by atoms with Crippen LogP contribution in [0.3, 0.4) is 0 Å². The van der Waals surface area contributed by atoms with Gasteiger partial charge in [-0.1, -0.05) is 11.6 Å². The Kier molecular flexibility index (Phi) is 3.07. The van der Waals surface area contributed by atoms with E-state index in [1.54, 1.807) is 0 Å². The zero-order chi connectivity index (χ0) is 12.6. The Bertz CT molecular complexity index is 496. The fourth-order valence-corrected chi connectivity index (χ4v) is 2.47. The van der Waals surface area contributed by atoms with Crippen LogP contribution in [-0.2, 0) is 11.2 Å². The molecule has 0 fully saturated rings. The molecule has 0 aromatic heterocycles. The second-order valence-electron chi connectivity index (χ2n) is 4.22. The van der Waals surface area contributed by atoms with E-state index >= 15 is 0 Å². The van der Waals surface area contributed by atoms with Crippen LogP contribution in [0, 0.1) is 5.92 Å². The maximum Gasteiger partial charge on any atom is 0.303 e. The summed E-state index contributed by atoms with van der Waals surface area (Å²) in [7, 11) is 0. The lowest BCUT2D eigenvalue weighted by atomic mass is 9.81. The average molecular weight is 255 g/mol. The number of carbonyl (C=O) groups is 2. The number of ketones is 1. The molecule has 1 aromatic rings. The largest absolute Gasteiger partial charge is 0.507 e. The maximum atomic E-state index is 11.8. The summed E-state index contributed by atoms with van der Waals surface area (Å²) in [4.78, 5) is 22.5. The van der Waals surface area contributed by atoms with Crippen molar-refractivity contribution in [2.45, 2.75) is 19.3 Å². The van der Waals surface area contributed by atoms with Gasteiger partial charge in [-0.2, -0.15) is 0 Å². The molecule has 0 heterocycles. The second-order valence-corrected chi connectivity index (χ2v) is 4.62. The van der Waals surface area contributed by atoms with E-state index in [9.17, 15) is 14.7 Å². The van der Waals surface area contributed by atoms with Crippen LogP contribution < -0.4 is 0 Å². The molecular formula is C12H11ClO4. The van der Waals surface area contributed by atoms with Crippen LogP contribution in [0.15, 0.2) is 12.1 Å². The molecule has 1 aliphatic carbocycles. The molecule has 1 unspecified atom stereocenters. The predicted octanol–water partition coefficient (Wildman–Crippen LogP) is 2.27. The molecule has 0 saturated heterocycles. The van der Waals surface area contributed by atoms with E-state index in [1.165, 1.54) is 12.1 Å². The van der Waals surface area contributed by atoms with Crippen molar-refractivity contribution >= 4 is 23.4 Å². The Morgan fingerprint density at radius 2 is 2.12 bits per heavy atom. The van der Waals surface area contributed by atoms with Gasteiger partial charge in [0.2, 0.25) is 0 Å². The predicted molar refractivity (Wildman–Crippen MR) is 61.5 cm³/mol. The van der Waals surface area contributed by atoms with Gasteiger partial charge in [0.1, 0.15) is 5.75 Å². The van der Waals surface area contributed by atoms with E-state index < -0.39 is 5.97 Å². The van der Waals surface area contributed by atoms with Gasteiger partial charge in [-0.05, 0) is 30.0 Å². The first-order chi connectivity index (χ1) is 7.99. The van der Waals surface area contributed by atoms with E-state index in [0.29, 0.717) is 17.0 Å². The highest BCUT2D eigenvalue weighted by Crippen LogP contribution is 2.36. The molecule has 2 N–H and O–H groups in total. The summed E-state index contributed by atoms with van der Waals surface area (Å²) in [5.41, 5.74) is 0.813. The molecule has 1 aromatic carbocycles. The van der Waals surface area contributed by atoms with Gasteiger partial charge in [0, 0.05) is 17.9 Å². The van der Waals surface area contributed by atoms with E-state index in [-0.39, 0.29) is 35.9 Å². The maximum absolute atomic E-state index is 11.8. The minimum Gasteiger partial charge on any atom is -0.507 e. The molecule has 1 aliphatic rings. The van der Waals surface area contributed by atoms with Crippen molar-refractivity contribution in [1.82, 2.24) is 0 Å². The van der Waals surface area contributed by atoms with Gasteiger partial charge in [0.25, 0.3) is 0 Å². The monoisotopic (exact) mass is 254 g/mol. The normalized spacial score (nSPS) is 18.9. The molecule has 0 spiro atoms. The number of Topliss-reactive ketones (excluding diaryl/α,β-unsaturated/α-hetero) is 1. The third kappa shape index (κ3) is 2.26. The molecule has 5 heteroatoms. The summed E-state index contributed by atoms with van der Waals surface area (Å²) in [5, 5.41) is 18.8. The van der Waals surface area contributed by atoms with Gasteiger partial charge in [-0.15, -0.1) is 0 Å². The van der Waals surface area contributed by atoms with Crippen molar-refractivity contribution in [3.63, 3.8) is 0 Å². The van der Waals surface area contributed by atoms with Crippen LogP contribution >= 0.6 is 11.6 Å². The highest BCUT2D eigenvalue weighted by molar-refractivity contribution is 6.32. The Balaban J connectivity index is 2.39. The first kappa shape index (κ1) is 11.9. The molecular weight excluding hydrogens is 244 g/mol. The second kappa shape index (κ2) is 4.37. The highest BCUT2D eigenvalue weighted by Gasteiger charge is 2.30. The van der Waals surface area contributed by atoms with Gasteiger partial charge in [-0.3, -0.25) is 9.59 Å². The minimum atomic E-state index is -0.928. The summed E-state index contributed by atoms with van der Waals surface area (Å²) in [5.74, 6) is -1.49. The summed E-state index contributed by atoms with van der Waals surface area (Å²) < 4.78 is 0. The molecule has 90 valence electrons. The molecule has 17 heavy (non-hydrogen) atoms. The Morgan fingerprint density at radius 3 is 2.76 bits per heavy atom. The Morgan fingerprint density at radius 1 is 1.41 bits per heavy atom. The van der Waals surface area contributed by atoms with Gasteiger partial charge >= 0.3 is 5.97 Å². The van der Waals surface area contributed by atoms with E-state index in [1.807, 2.05) is 0 Å². The fraction of sp³-hybridized carbons (Fsp3) is 0.333. The molecule has 1 atom stereocenters. The molecule has 2 rings (SSSR count). The zero-order valence-corrected chi connectivity index (χ0v) is 9.70. The zero-order valence-electron chi connectivity index (χ0n) is 8.94. The lowest BCUT2D eigenvalue weighted by Crippen LogP contribution is -2.22. The van der Waals surface area contributed by atoms with Crippen LogP contribution in [0.25, 0.3) is 0 Å². The van der Waals surface area contributed by atoms with Gasteiger partial charge in [-0.25, -0.2) is 0 Å². The van der Waals surface area contributed by atoms with Crippen molar-refractivity contribution in [3.05, 3.63) is 28.3 Å². The minimum absolute atomic E-state index is 0.0584. The van der Waals surface area contributed by atoms with Gasteiger partial charge in [0.05, 0.1) is 5.56 Å². The smallest absolute Gasteiger partial charge is 0.303 e. The number of hydrogen-bond acceptors (Lipinski definition) is 3. The summed E-state index contributed by atoms with van der Waals surface area (Å²) in [6, 6.07) is 2.91. The molecule has 0 bridgehead atoms. The Hall–Kier alpha value is -1.55. The standard InChI is InChI=1S/C12H11ClO4/c13-8-1-2-9(14)12-7(8)3-6(4-10(12)15)5-11(16)17/h1-2,6,14H,3-5H2,(H,16,17). The van der Waals surface area contributed by atoms with Crippen LogP contribution in [0.5, 0.6) is 5.75 Å². The molecule has 0 amide bonds. The number of rotatable bonds is 2. The number of phenolic OH excluding ortho intramolecular Hbond substituents is 1. The van der Waals surface area contributed by atoms with Crippen LogP contribution in [-0.4, -0.2) is 22.0 Å². The number of hydrogen-bond donors (Lipinski definition) is 2. The molecule has 0 radical (unpaired) electrons. The summed E-state index contributed by atoms with van der Waals surface area (Å²) >= 11 is 5.97. The number of carboxylic acids is 1. The number of benzene rings is 1. The first-order valence-electron chi connectivity index (χ1n) is 5.24. The number of aliphatic carboxylic acids is 1. The average Bonchev–Trinajstić information content (AvgIpc) is 2.22. The number of carboxylic acid groups (broad SMARTS) is 1. The number of phenols is 1. The van der Waals surface area contributed by atoms with Crippen LogP contribution in [0.4, 0.5) is 0 Å². The lowest BCUT2D eigenvalue weighted by Gasteiger charge is -2.23. The SMILES string of the molecule is O=C(O)CC1CC(=O)c2c(O)ccc(Cl)c2C1. The summed E-state index contributed by atoms with van der Waals surface area (Å²) in [6.45, 7) is 0. The third-order valence-electron chi connectivity index (χ3n) is 2.94. The summed E-state index contributed by atoms with van der Waals surface area (Å²) in [6.07, 6.45) is 0.505. The van der Waals surface area contributed by atoms with Crippen molar-refractivity contribution < 1.29 is 19.8 Å². The topological polar surface area (TPSA) is 74.6 Å². The van der Waals surface area contributed by atoms with E-state index in [0.717, 1.165) is 0 Å². The van der Waals surface area contributed by atoms with Crippen molar-refractivity contribution in [2.75, 3.05) is 0 Å². The Labute approximate surface area is 103 Å². The van der Waals surface area contributed by atoms with Crippen molar-refractivity contribution in [2.24, 2.45) is 5.92 Å². The van der Waals surface area contributed by atoms with Crippen LogP contribution in [0.1, 0.15) is 28.8 Å². The number of fused-ring (bicyclic) bond motifs is 1. The first-order valence-corrected chi connectivity index (χ1v) is 5.62. The molecule has 0 aliphatic heterocycles. The third-order valence-corrected chi connectivity index (χ3v) is 3.30. The molecule has 0 saturated carbocycles. The van der Waals surface area contributed by atoms with E-state index in [4.69, 9.17) is 16.7 Å². The van der Waals surface area contributed by atoms with Gasteiger partial charge in [0.15, 0.2) is 5.78 Å². The van der Waals surface area contributed by atoms with E-state index in [2.05, 4.69) is 0 Å². The van der Waals surface area contributed by atoms with Crippen molar-refractivity contribution in [3.8, 4) is 5.75 Å². The molecule has 4 nitrogen and oxygen atoms in total. The highest BCUT2D eigenvalue weighted by atomic mass is 35.5. The number of halogens is 1. The lowest BCUT2D eigenvalue weighted by molar-refractivity contribution is -0.138. The van der Waals surface area contributed by atoms with Gasteiger partial charge < -0.3 is 10.2 Å². The number of carbonyl (C=O) groups excluding carboxylic acids is 1. The quantitative estimate of drug-likeness (QED) is 0.849.